The zero-order valence-corrected chi connectivity index (χ0v) is 12.4. The van der Waals surface area contributed by atoms with Gasteiger partial charge in [0, 0.05) is 30.9 Å². The zero-order chi connectivity index (χ0) is 14.7. The number of aryl methyl sites for hydroxylation is 1. The van der Waals surface area contributed by atoms with Crippen LogP contribution in [0, 0.1) is 6.92 Å². The summed E-state index contributed by atoms with van der Waals surface area (Å²) in [7, 11) is 4.09. The number of rotatable bonds is 5. The van der Waals surface area contributed by atoms with Gasteiger partial charge in [0.2, 0.25) is 0 Å². The maximum Gasteiger partial charge on any atom is 0.145 e. The SMILES string of the molecule is Cc1cc(NN)nc(CN2CC(O)CC2CN(C)C)n1. The Kier molecular flexibility index (Phi) is 4.87. The second-order valence-corrected chi connectivity index (χ2v) is 5.69. The predicted molar refractivity (Wildman–Crippen MR) is 78.0 cm³/mol. The summed E-state index contributed by atoms with van der Waals surface area (Å²) in [5.74, 6) is 6.76. The van der Waals surface area contributed by atoms with Gasteiger partial charge < -0.3 is 15.4 Å². The molecule has 7 nitrogen and oxygen atoms in total. The maximum absolute atomic E-state index is 9.88. The molecule has 20 heavy (non-hydrogen) atoms. The molecule has 0 saturated carbocycles. The monoisotopic (exact) mass is 280 g/mol. The van der Waals surface area contributed by atoms with E-state index in [0.29, 0.717) is 24.9 Å². The zero-order valence-electron chi connectivity index (χ0n) is 12.4. The van der Waals surface area contributed by atoms with Gasteiger partial charge in [0.15, 0.2) is 0 Å². The normalized spacial score (nSPS) is 23.5. The molecule has 2 rings (SSSR count). The highest BCUT2D eigenvalue weighted by Gasteiger charge is 2.31. The molecule has 0 bridgehead atoms. The second-order valence-electron chi connectivity index (χ2n) is 5.69. The van der Waals surface area contributed by atoms with E-state index in [0.717, 1.165) is 24.5 Å². The van der Waals surface area contributed by atoms with Crippen LogP contribution in [0.5, 0.6) is 0 Å². The van der Waals surface area contributed by atoms with Crippen molar-refractivity contribution >= 4 is 5.82 Å². The number of aliphatic hydroxyl groups excluding tert-OH is 1. The van der Waals surface area contributed by atoms with Crippen LogP contribution in [0.15, 0.2) is 6.07 Å². The summed E-state index contributed by atoms with van der Waals surface area (Å²) in [6.45, 7) is 4.14. The lowest BCUT2D eigenvalue weighted by Gasteiger charge is -2.26. The molecule has 1 fully saturated rings. The van der Waals surface area contributed by atoms with Crippen molar-refractivity contribution in [1.82, 2.24) is 19.8 Å². The van der Waals surface area contributed by atoms with Crippen LogP contribution in [0.1, 0.15) is 17.9 Å². The number of aromatic nitrogens is 2. The minimum Gasteiger partial charge on any atom is -0.392 e. The van der Waals surface area contributed by atoms with Crippen LogP contribution in [-0.2, 0) is 6.54 Å². The Hall–Kier alpha value is -1.28. The first-order valence-electron chi connectivity index (χ1n) is 6.86. The Bertz CT molecular complexity index is 452. The van der Waals surface area contributed by atoms with Gasteiger partial charge in [-0.2, -0.15) is 0 Å². The van der Waals surface area contributed by atoms with Gasteiger partial charge >= 0.3 is 0 Å². The summed E-state index contributed by atoms with van der Waals surface area (Å²) in [5, 5.41) is 9.88. The van der Waals surface area contributed by atoms with Crippen LogP contribution in [0.4, 0.5) is 5.82 Å². The summed E-state index contributed by atoms with van der Waals surface area (Å²) in [4.78, 5) is 13.2. The first-order chi connectivity index (χ1) is 9.47. The van der Waals surface area contributed by atoms with E-state index in [4.69, 9.17) is 5.84 Å². The van der Waals surface area contributed by atoms with Crippen LogP contribution in [0.3, 0.4) is 0 Å². The number of nitrogens with zero attached hydrogens (tertiary/aromatic N) is 4. The molecule has 2 heterocycles. The third-order valence-electron chi connectivity index (χ3n) is 3.47. The number of β-amino-alcohol motifs (C(OH)–C–C–N with tert-alkyl or cyclic N) is 1. The molecule has 1 aliphatic rings. The lowest BCUT2D eigenvalue weighted by molar-refractivity contribution is 0.167. The van der Waals surface area contributed by atoms with E-state index >= 15 is 0 Å². The van der Waals surface area contributed by atoms with Gasteiger partial charge in [-0.15, -0.1) is 0 Å². The summed E-state index contributed by atoms with van der Waals surface area (Å²) in [6, 6.07) is 2.14. The van der Waals surface area contributed by atoms with Crippen molar-refractivity contribution in [3.05, 3.63) is 17.6 Å². The number of nitrogens with two attached hydrogens (primary N) is 1. The van der Waals surface area contributed by atoms with E-state index in [-0.39, 0.29) is 6.10 Å². The van der Waals surface area contributed by atoms with Crippen molar-refractivity contribution in [3.63, 3.8) is 0 Å². The lowest BCUT2D eigenvalue weighted by atomic mass is 10.2. The molecule has 4 N–H and O–H groups in total. The van der Waals surface area contributed by atoms with Crippen molar-refractivity contribution < 1.29 is 5.11 Å². The number of likely N-dealkylation sites (N-methyl/N-ethyl adjacent to an activating group) is 1. The molecular formula is C13H24N6O. The fourth-order valence-electron chi connectivity index (χ4n) is 2.72. The summed E-state index contributed by atoms with van der Waals surface area (Å²) >= 11 is 0. The minimum absolute atomic E-state index is 0.267. The first kappa shape index (κ1) is 15.1. The fraction of sp³-hybridized carbons (Fsp3) is 0.692. The van der Waals surface area contributed by atoms with Crippen LogP contribution in [-0.4, -0.2) is 64.2 Å². The third kappa shape index (κ3) is 3.86. The van der Waals surface area contributed by atoms with Crippen molar-refractivity contribution in [2.75, 3.05) is 32.6 Å². The number of anilines is 1. The molecule has 0 aliphatic carbocycles. The van der Waals surface area contributed by atoms with Crippen molar-refractivity contribution in [1.29, 1.82) is 0 Å². The van der Waals surface area contributed by atoms with Gasteiger partial charge in [-0.25, -0.2) is 15.8 Å². The highest BCUT2D eigenvalue weighted by Crippen LogP contribution is 2.20. The molecule has 1 aliphatic heterocycles. The number of aliphatic hydroxyl groups is 1. The molecule has 0 aromatic carbocycles. The Morgan fingerprint density at radius 2 is 2.25 bits per heavy atom. The van der Waals surface area contributed by atoms with E-state index in [2.05, 4.69) is 25.2 Å². The Labute approximate surface area is 119 Å². The molecule has 1 aromatic heterocycles. The van der Waals surface area contributed by atoms with E-state index in [9.17, 15) is 5.11 Å². The van der Waals surface area contributed by atoms with Crippen molar-refractivity contribution in [2.24, 2.45) is 5.84 Å². The quantitative estimate of drug-likeness (QED) is 0.498. The summed E-state index contributed by atoms with van der Waals surface area (Å²) in [6.07, 6.45) is 0.531. The average molecular weight is 280 g/mol. The Morgan fingerprint density at radius 3 is 2.90 bits per heavy atom. The fourth-order valence-corrected chi connectivity index (χ4v) is 2.72. The average Bonchev–Trinajstić information content (AvgIpc) is 2.67. The van der Waals surface area contributed by atoms with Crippen LogP contribution < -0.4 is 11.3 Å². The summed E-state index contributed by atoms with van der Waals surface area (Å²) < 4.78 is 0. The number of hydrazine groups is 1. The number of likely N-dealkylation sites (tertiary alicyclic amines) is 1. The minimum atomic E-state index is -0.267. The Balaban J connectivity index is 2.09. The van der Waals surface area contributed by atoms with E-state index in [1.807, 2.05) is 21.0 Å². The number of hydrogen-bond acceptors (Lipinski definition) is 7. The highest BCUT2D eigenvalue weighted by atomic mass is 16.3. The third-order valence-corrected chi connectivity index (χ3v) is 3.47. The van der Waals surface area contributed by atoms with Crippen molar-refractivity contribution in [2.45, 2.75) is 32.0 Å². The molecule has 0 amide bonds. The van der Waals surface area contributed by atoms with Gasteiger partial charge in [-0.05, 0) is 27.4 Å². The smallest absolute Gasteiger partial charge is 0.145 e. The maximum atomic E-state index is 9.88. The van der Waals surface area contributed by atoms with Gasteiger partial charge in [0.25, 0.3) is 0 Å². The topological polar surface area (TPSA) is 90.5 Å². The molecule has 2 unspecified atom stereocenters. The predicted octanol–water partition coefficient (Wildman–Crippen LogP) is -0.433. The van der Waals surface area contributed by atoms with E-state index in [1.54, 1.807) is 6.07 Å². The molecular weight excluding hydrogens is 256 g/mol. The van der Waals surface area contributed by atoms with Crippen molar-refractivity contribution in [3.8, 4) is 0 Å². The van der Waals surface area contributed by atoms with Gasteiger partial charge in [-0.1, -0.05) is 0 Å². The van der Waals surface area contributed by atoms with Crippen LogP contribution in [0.2, 0.25) is 0 Å². The molecule has 7 heteroatoms. The molecule has 2 atom stereocenters. The standard InChI is InChI=1S/C13H24N6O/c1-9-4-12(17-14)16-13(15-9)8-19-7-11(20)5-10(19)6-18(2)3/h4,10-11,20H,5-8,14H2,1-3H3,(H,15,16,17). The van der Waals surface area contributed by atoms with Gasteiger partial charge in [-0.3, -0.25) is 4.90 Å². The Morgan fingerprint density at radius 1 is 1.50 bits per heavy atom. The summed E-state index contributed by atoms with van der Waals surface area (Å²) in [5.41, 5.74) is 3.44. The highest BCUT2D eigenvalue weighted by molar-refractivity contribution is 5.33. The number of nitrogens with one attached hydrogen (secondary N) is 1. The second kappa shape index (κ2) is 6.45. The van der Waals surface area contributed by atoms with E-state index < -0.39 is 0 Å². The van der Waals surface area contributed by atoms with Crippen LogP contribution in [0.25, 0.3) is 0 Å². The number of nitrogen functional groups attached to an aromatic ring is 1. The molecule has 112 valence electrons. The van der Waals surface area contributed by atoms with Gasteiger partial charge in [0.1, 0.15) is 11.6 Å². The number of hydrogen-bond donors (Lipinski definition) is 3. The molecule has 1 aromatic rings. The molecule has 0 spiro atoms. The molecule has 1 saturated heterocycles. The first-order valence-corrected chi connectivity index (χ1v) is 6.86. The van der Waals surface area contributed by atoms with E-state index in [1.165, 1.54) is 0 Å². The van der Waals surface area contributed by atoms with Crippen LogP contribution >= 0.6 is 0 Å². The largest absolute Gasteiger partial charge is 0.392 e. The molecule has 0 radical (unpaired) electrons. The van der Waals surface area contributed by atoms with Gasteiger partial charge in [0.05, 0.1) is 12.6 Å². The lowest BCUT2D eigenvalue weighted by Crippen LogP contribution is -2.37.